The highest BCUT2D eigenvalue weighted by atomic mass is 16.7. The summed E-state index contributed by atoms with van der Waals surface area (Å²) < 4.78 is 53.7. The number of hydrogen-bond acceptors (Lipinski definition) is 10. The van der Waals surface area contributed by atoms with E-state index in [4.69, 9.17) is 37.9 Å². The van der Waals surface area contributed by atoms with Crippen LogP contribution in [0, 0.1) is 48.7 Å². The summed E-state index contributed by atoms with van der Waals surface area (Å²) in [6, 6.07) is 6.92. The van der Waals surface area contributed by atoms with E-state index < -0.39 is 12.3 Å². The Kier molecular flexibility index (Phi) is 18.8. The summed E-state index contributed by atoms with van der Waals surface area (Å²) in [6.45, 7) is 54.2. The molecule has 74 heavy (non-hydrogen) atoms. The Morgan fingerprint density at radius 2 is 1.09 bits per heavy atom. The van der Waals surface area contributed by atoms with Gasteiger partial charge < -0.3 is 43.0 Å². The number of aromatic carboxylic acids is 1. The first-order valence-corrected chi connectivity index (χ1v) is 28.6. The predicted molar refractivity (Wildman–Crippen MR) is 295 cm³/mol. The standard InChI is InChI=1S/C63H108O11/c1-25-26-51-70-45(36-57(12,13)62(22,23)48-31-43(34-54(4,5)6)71-53(73-48)42-29-27-41(28-30-42)52(65)66)33-47(72-51)61(20,21)56(10,11)35-44-32-46(69-40(3)68-44)60(18,19)58(14,15)38-50-63(24,74-50)59(16,17)37-49(55(7,8)9)67-39(2)64/h27-30,40,43-51,53H,25-26,31-38H2,1-24H3,(H,65,66). The number of esters is 1. The highest BCUT2D eigenvalue weighted by Gasteiger charge is 2.65. The fourth-order valence-electron chi connectivity index (χ4n) is 12.3. The molecule has 0 saturated carbocycles. The Bertz CT molecular complexity index is 2030. The maximum Gasteiger partial charge on any atom is 0.335 e. The van der Waals surface area contributed by atoms with Gasteiger partial charge in [-0.05, 0) is 113 Å². The van der Waals surface area contributed by atoms with E-state index in [1.165, 1.54) is 6.92 Å². The molecule has 5 rings (SSSR count). The third-order valence-electron chi connectivity index (χ3n) is 20.3. The number of ether oxygens (including phenoxy) is 8. The van der Waals surface area contributed by atoms with E-state index in [0.29, 0.717) is 0 Å². The van der Waals surface area contributed by atoms with Gasteiger partial charge in [0.05, 0.1) is 53.9 Å². The first kappa shape index (κ1) is 62.7. The van der Waals surface area contributed by atoms with Gasteiger partial charge in [-0.3, -0.25) is 4.79 Å². The molecule has 12 unspecified atom stereocenters. The molecule has 4 saturated heterocycles. The minimum Gasteiger partial charge on any atom is -0.478 e. The van der Waals surface area contributed by atoms with Gasteiger partial charge in [0, 0.05) is 31.7 Å². The number of rotatable bonds is 21. The normalized spacial score (nSPS) is 30.7. The average Bonchev–Trinajstić information content (AvgIpc) is 3.90. The van der Waals surface area contributed by atoms with Gasteiger partial charge >= 0.3 is 11.9 Å². The molecule has 0 bridgehead atoms. The Balaban J connectivity index is 1.30. The molecule has 0 amide bonds. The number of epoxide rings is 1. The van der Waals surface area contributed by atoms with Crippen LogP contribution in [0.1, 0.15) is 253 Å². The zero-order valence-electron chi connectivity index (χ0n) is 51.3. The van der Waals surface area contributed by atoms with E-state index in [9.17, 15) is 14.7 Å². The second kappa shape index (κ2) is 22.2. The van der Waals surface area contributed by atoms with Gasteiger partial charge in [0.15, 0.2) is 18.9 Å². The van der Waals surface area contributed by atoms with Crippen LogP contribution in [-0.2, 0) is 42.7 Å². The molecule has 0 aromatic heterocycles. The largest absolute Gasteiger partial charge is 0.478 e. The minimum absolute atomic E-state index is 0.00703. The molecule has 0 aliphatic carbocycles. The number of carboxylic acid groups (broad SMARTS) is 1. The zero-order valence-corrected chi connectivity index (χ0v) is 51.3. The van der Waals surface area contributed by atoms with E-state index in [1.807, 2.05) is 12.1 Å². The summed E-state index contributed by atoms with van der Waals surface area (Å²) in [7, 11) is 0. The monoisotopic (exact) mass is 1040 g/mol. The highest BCUT2D eigenvalue weighted by molar-refractivity contribution is 5.87. The quantitative estimate of drug-likeness (QED) is 0.0932. The number of carbonyl (C=O) groups excluding carboxylic acids is 1. The lowest BCUT2D eigenvalue weighted by molar-refractivity contribution is -0.298. The molecule has 4 fully saturated rings. The fourth-order valence-corrected chi connectivity index (χ4v) is 12.3. The highest BCUT2D eigenvalue weighted by Crippen LogP contribution is 2.60. The summed E-state index contributed by atoms with van der Waals surface area (Å²) >= 11 is 0. The molecule has 4 aliphatic heterocycles. The summed E-state index contributed by atoms with van der Waals surface area (Å²) in [5, 5.41) is 9.60. The smallest absolute Gasteiger partial charge is 0.335 e. The number of benzene rings is 1. The van der Waals surface area contributed by atoms with Crippen molar-refractivity contribution < 1.29 is 52.6 Å². The van der Waals surface area contributed by atoms with Gasteiger partial charge in [0.1, 0.15) is 6.10 Å². The van der Waals surface area contributed by atoms with Crippen molar-refractivity contribution in [2.24, 2.45) is 48.7 Å². The first-order valence-electron chi connectivity index (χ1n) is 28.6. The van der Waals surface area contributed by atoms with Crippen molar-refractivity contribution in [3.63, 3.8) is 0 Å². The van der Waals surface area contributed by atoms with E-state index in [2.05, 4.69) is 159 Å². The summed E-state index contributed by atoms with van der Waals surface area (Å²) in [6.07, 6.45) is 6.66. The molecular formula is C63H108O11. The maximum atomic E-state index is 12.2. The molecule has 11 heteroatoms. The van der Waals surface area contributed by atoms with E-state index in [-0.39, 0.29) is 127 Å². The lowest BCUT2D eigenvalue weighted by Crippen LogP contribution is -2.55. The fraction of sp³-hybridized carbons (Fsp3) is 0.873. The van der Waals surface area contributed by atoms with Crippen LogP contribution < -0.4 is 0 Å². The van der Waals surface area contributed by atoms with Crippen LogP contribution in [0.3, 0.4) is 0 Å². The maximum absolute atomic E-state index is 12.2. The van der Waals surface area contributed by atoms with Crippen molar-refractivity contribution >= 4 is 11.9 Å². The predicted octanol–water partition coefficient (Wildman–Crippen LogP) is 15.7. The van der Waals surface area contributed by atoms with Gasteiger partial charge in [-0.2, -0.15) is 0 Å². The SMILES string of the molecule is CCCC1OC(CC(C)(C)C(C)(C)C2CC(CC(C)(C)C)OC(c3ccc(C(=O)O)cc3)O2)CC(C(C)(C)C(C)(C)CC2CC(C(C)(C)C(C)(C)CC3OC3(C)C(C)(C)CC(OC(C)=O)C(C)(C)C)OC(C)O2)O1. The molecule has 12 atom stereocenters. The Labute approximate surface area is 450 Å². The molecule has 1 N–H and O–H groups in total. The van der Waals surface area contributed by atoms with Crippen LogP contribution in [0.5, 0.6) is 0 Å². The molecule has 1 aromatic rings. The molecule has 0 radical (unpaired) electrons. The van der Waals surface area contributed by atoms with Crippen LogP contribution >= 0.6 is 0 Å². The van der Waals surface area contributed by atoms with Crippen LogP contribution in [0.4, 0.5) is 0 Å². The second-order valence-corrected chi connectivity index (χ2v) is 30.4. The van der Waals surface area contributed by atoms with Crippen molar-refractivity contribution in [1.82, 2.24) is 0 Å². The molecule has 11 nitrogen and oxygen atoms in total. The third-order valence-corrected chi connectivity index (χ3v) is 20.3. The van der Waals surface area contributed by atoms with Gasteiger partial charge in [-0.25, -0.2) is 4.79 Å². The minimum atomic E-state index is -0.953. The molecule has 4 heterocycles. The third kappa shape index (κ3) is 14.2. The zero-order chi connectivity index (χ0) is 56.2. The van der Waals surface area contributed by atoms with Gasteiger partial charge in [0.2, 0.25) is 0 Å². The Morgan fingerprint density at radius 1 is 0.635 bits per heavy atom. The van der Waals surface area contributed by atoms with Crippen LogP contribution in [0.15, 0.2) is 24.3 Å². The first-order chi connectivity index (χ1) is 33.5. The van der Waals surface area contributed by atoms with Crippen molar-refractivity contribution in [2.45, 2.75) is 304 Å². The van der Waals surface area contributed by atoms with E-state index in [1.54, 1.807) is 12.1 Å². The van der Waals surface area contributed by atoms with Gasteiger partial charge in [0.25, 0.3) is 0 Å². The molecular weight excluding hydrogens is 933 g/mol. The van der Waals surface area contributed by atoms with E-state index in [0.717, 1.165) is 69.8 Å². The molecule has 0 spiro atoms. The van der Waals surface area contributed by atoms with Crippen molar-refractivity contribution in [2.75, 3.05) is 0 Å². The number of carboxylic acids is 1. The van der Waals surface area contributed by atoms with Crippen LogP contribution in [0.2, 0.25) is 0 Å². The second-order valence-electron chi connectivity index (χ2n) is 30.4. The Morgan fingerprint density at radius 3 is 1.55 bits per heavy atom. The summed E-state index contributed by atoms with van der Waals surface area (Å²) in [5.41, 5.74) is -0.939. The van der Waals surface area contributed by atoms with E-state index >= 15 is 0 Å². The van der Waals surface area contributed by atoms with Gasteiger partial charge in [-0.1, -0.05) is 164 Å². The molecule has 4 aliphatic rings. The van der Waals surface area contributed by atoms with Gasteiger partial charge in [-0.15, -0.1) is 0 Å². The lowest BCUT2D eigenvalue weighted by atomic mass is 9.58. The molecule has 1 aromatic carbocycles. The number of hydrogen-bond donors (Lipinski definition) is 1. The topological polar surface area (TPSA) is 132 Å². The summed E-state index contributed by atoms with van der Waals surface area (Å²) in [5.74, 6) is -1.20. The number of carbonyl (C=O) groups is 2. The van der Waals surface area contributed by atoms with Crippen LogP contribution in [0.25, 0.3) is 0 Å². The summed E-state index contributed by atoms with van der Waals surface area (Å²) in [4.78, 5) is 23.9. The average molecular weight is 1040 g/mol. The van der Waals surface area contributed by atoms with Crippen molar-refractivity contribution in [3.8, 4) is 0 Å². The van der Waals surface area contributed by atoms with Crippen molar-refractivity contribution in [1.29, 1.82) is 0 Å². The molecule has 426 valence electrons. The Hall–Kier alpha value is -2.12. The van der Waals surface area contributed by atoms with Crippen LogP contribution in [-0.4, -0.2) is 84.1 Å². The van der Waals surface area contributed by atoms with Crippen molar-refractivity contribution in [3.05, 3.63) is 35.4 Å². The lowest BCUT2D eigenvalue weighted by Gasteiger charge is -2.55.